The molecule has 96 valence electrons. The highest BCUT2D eigenvalue weighted by Crippen LogP contribution is 2.20. The smallest absolute Gasteiger partial charge is 0.323 e. The minimum Gasteiger partial charge on any atom is -0.480 e. The standard InChI is InChI=1S/C11H23NO3S/c1-4-11(12-3,10(14)15)6-5-7-16-9(2)8-13/h9,12-13H,4-8H2,1-3H3,(H,14,15). The van der Waals surface area contributed by atoms with Crippen molar-refractivity contribution in [1.29, 1.82) is 0 Å². The predicted molar refractivity (Wildman–Crippen MR) is 68.0 cm³/mol. The van der Waals surface area contributed by atoms with Crippen molar-refractivity contribution in [2.75, 3.05) is 19.4 Å². The third-order valence-electron chi connectivity index (χ3n) is 2.90. The van der Waals surface area contributed by atoms with Gasteiger partial charge >= 0.3 is 5.97 Å². The van der Waals surface area contributed by atoms with Gasteiger partial charge in [0, 0.05) is 5.25 Å². The van der Waals surface area contributed by atoms with Crippen LogP contribution in [0.25, 0.3) is 0 Å². The summed E-state index contributed by atoms with van der Waals surface area (Å²) in [6.07, 6.45) is 2.05. The molecule has 16 heavy (non-hydrogen) atoms. The van der Waals surface area contributed by atoms with Crippen LogP contribution in [0.2, 0.25) is 0 Å². The lowest BCUT2D eigenvalue weighted by Crippen LogP contribution is -2.49. The van der Waals surface area contributed by atoms with Crippen molar-refractivity contribution in [2.24, 2.45) is 0 Å². The van der Waals surface area contributed by atoms with Crippen molar-refractivity contribution in [1.82, 2.24) is 5.32 Å². The Hall–Kier alpha value is -0.260. The lowest BCUT2D eigenvalue weighted by atomic mass is 9.91. The number of thioether (sulfide) groups is 1. The number of carboxylic acids is 1. The molecular weight excluding hydrogens is 226 g/mol. The number of likely N-dealkylation sites (N-methyl/N-ethyl adjacent to an activating group) is 1. The molecule has 0 radical (unpaired) electrons. The molecule has 0 saturated carbocycles. The van der Waals surface area contributed by atoms with Crippen LogP contribution in [-0.4, -0.2) is 46.4 Å². The van der Waals surface area contributed by atoms with Gasteiger partial charge in [-0.05, 0) is 32.1 Å². The zero-order valence-corrected chi connectivity index (χ0v) is 11.1. The number of aliphatic carboxylic acids is 1. The van der Waals surface area contributed by atoms with Crippen LogP contribution in [0.4, 0.5) is 0 Å². The predicted octanol–water partition coefficient (Wildman–Crippen LogP) is 1.33. The number of rotatable bonds is 9. The molecule has 0 heterocycles. The van der Waals surface area contributed by atoms with Crippen molar-refractivity contribution in [3.8, 4) is 0 Å². The molecule has 0 aliphatic rings. The number of aliphatic hydroxyl groups is 1. The largest absolute Gasteiger partial charge is 0.480 e. The Morgan fingerprint density at radius 3 is 2.56 bits per heavy atom. The molecule has 0 fully saturated rings. The second-order valence-corrected chi connectivity index (χ2v) is 5.50. The molecule has 5 heteroatoms. The first-order valence-corrected chi connectivity index (χ1v) is 6.72. The number of carbonyl (C=O) groups is 1. The third-order valence-corrected chi connectivity index (χ3v) is 4.14. The summed E-state index contributed by atoms with van der Waals surface area (Å²) in [6.45, 7) is 4.02. The number of carboxylic acid groups (broad SMARTS) is 1. The fourth-order valence-corrected chi connectivity index (χ4v) is 2.37. The Balaban J connectivity index is 3.99. The van der Waals surface area contributed by atoms with Gasteiger partial charge in [0.2, 0.25) is 0 Å². The minimum absolute atomic E-state index is 0.175. The average Bonchev–Trinajstić information content (AvgIpc) is 2.29. The third kappa shape index (κ3) is 4.72. The number of hydrogen-bond donors (Lipinski definition) is 3. The molecule has 0 bridgehead atoms. The first-order valence-electron chi connectivity index (χ1n) is 5.67. The van der Waals surface area contributed by atoms with Gasteiger partial charge in [0.15, 0.2) is 0 Å². The van der Waals surface area contributed by atoms with Gasteiger partial charge in [0.25, 0.3) is 0 Å². The van der Waals surface area contributed by atoms with Crippen LogP contribution in [0.15, 0.2) is 0 Å². The molecule has 0 spiro atoms. The molecule has 0 amide bonds. The van der Waals surface area contributed by atoms with Gasteiger partial charge in [0.1, 0.15) is 5.54 Å². The Labute approximate surface area is 102 Å². The summed E-state index contributed by atoms with van der Waals surface area (Å²) in [5, 5.41) is 21.2. The zero-order chi connectivity index (χ0) is 12.6. The molecule has 2 atom stereocenters. The topological polar surface area (TPSA) is 69.6 Å². The quantitative estimate of drug-likeness (QED) is 0.538. The van der Waals surface area contributed by atoms with Gasteiger partial charge < -0.3 is 15.5 Å². The van der Waals surface area contributed by atoms with Crippen molar-refractivity contribution < 1.29 is 15.0 Å². The normalized spacial score (nSPS) is 16.8. The molecule has 3 N–H and O–H groups in total. The lowest BCUT2D eigenvalue weighted by molar-refractivity contribution is -0.145. The van der Waals surface area contributed by atoms with E-state index in [2.05, 4.69) is 5.32 Å². The van der Waals surface area contributed by atoms with Crippen LogP contribution in [0.3, 0.4) is 0 Å². The number of aliphatic hydroxyl groups excluding tert-OH is 1. The van der Waals surface area contributed by atoms with Gasteiger partial charge in [-0.2, -0.15) is 11.8 Å². The molecule has 0 aromatic carbocycles. The molecule has 0 aliphatic heterocycles. The summed E-state index contributed by atoms with van der Waals surface area (Å²) in [4.78, 5) is 11.2. The highest BCUT2D eigenvalue weighted by molar-refractivity contribution is 7.99. The lowest BCUT2D eigenvalue weighted by Gasteiger charge is -2.27. The molecule has 0 rings (SSSR count). The van der Waals surface area contributed by atoms with E-state index in [4.69, 9.17) is 10.2 Å². The van der Waals surface area contributed by atoms with Crippen molar-refractivity contribution in [3.05, 3.63) is 0 Å². The average molecular weight is 249 g/mol. The van der Waals surface area contributed by atoms with Gasteiger partial charge in [-0.25, -0.2) is 0 Å². The van der Waals surface area contributed by atoms with E-state index < -0.39 is 11.5 Å². The Bertz CT molecular complexity index is 207. The molecule has 0 saturated heterocycles. The SMILES string of the molecule is CCC(CCCSC(C)CO)(NC)C(=O)O. The summed E-state index contributed by atoms with van der Waals surface area (Å²) in [5.41, 5.74) is -0.789. The van der Waals surface area contributed by atoms with E-state index in [1.54, 1.807) is 18.8 Å². The van der Waals surface area contributed by atoms with E-state index in [0.29, 0.717) is 12.8 Å². The van der Waals surface area contributed by atoms with Gasteiger partial charge in [-0.15, -0.1) is 0 Å². The summed E-state index contributed by atoms with van der Waals surface area (Å²) < 4.78 is 0. The Morgan fingerprint density at radius 2 is 2.19 bits per heavy atom. The van der Waals surface area contributed by atoms with E-state index >= 15 is 0 Å². The molecule has 4 nitrogen and oxygen atoms in total. The molecular formula is C11H23NO3S. The van der Waals surface area contributed by atoms with Crippen molar-refractivity contribution in [2.45, 2.75) is 43.9 Å². The molecule has 0 aromatic heterocycles. The van der Waals surface area contributed by atoms with E-state index in [-0.39, 0.29) is 11.9 Å². The molecule has 2 unspecified atom stereocenters. The fourth-order valence-electron chi connectivity index (χ4n) is 1.55. The first kappa shape index (κ1) is 15.7. The van der Waals surface area contributed by atoms with Crippen LogP contribution in [0, 0.1) is 0 Å². The van der Waals surface area contributed by atoms with E-state index in [9.17, 15) is 4.79 Å². The van der Waals surface area contributed by atoms with Crippen LogP contribution in [0.1, 0.15) is 33.1 Å². The van der Waals surface area contributed by atoms with E-state index in [0.717, 1.165) is 12.2 Å². The van der Waals surface area contributed by atoms with Crippen molar-refractivity contribution >= 4 is 17.7 Å². The van der Waals surface area contributed by atoms with Crippen LogP contribution in [0.5, 0.6) is 0 Å². The summed E-state index contributed by atoms with van der Waals surface area (Å²) >= 11 is 1.68. The van der Waals surface area contributed by atoms with E-state index in [1.165, 1.54) is 0 Å². The number of hydrogen-bond acceptors (Lipinski definition) is 4. The van der Waals surface area contributed by atoms with Crippen molar-refractivity contribution in [3.63, 3.8) is 0 Å². The maximum Gasteiger partial charge on any atom is 0.323 e. The maximum absolute atomic E-state index is 11.2. The summed E-state index contributed by atoms with van der Waals surface area (Å²) in [6, 6.07) is 0. The highest BCUT2D eigenvalue weighted by Gasteiger charge is 2.33. The molecule has 0 aliphatic carbocycles. The van der Waals surface area contributed by atoms with Gasteiger partial charge in [-0.3, -0.25) is 4.79 Å². The second kappa shape index (κ2) is 7.92. The van der Waals surface area contributed by atoms with E-state index in [1.807, 2.05) is 13.8 Å². The van der Waals surface area contributed by atoms with Crippen LogP contribution >= 0.6 is 11.8 Å². The number of nitrogens with one attached hydrogen (secondary N) is 1. The second-order valence-electron chi connectivity index (χ2n) is 3.96. The van der Waals surface area contributed by atoms with Crippen LogP contribution < -0.4 is 5.32 Å². The summed E-state index contributed by atoms with van der Waals surface area (Å²) in [5.74, 6) is 0.107. The monoisotopic (exact) mass is 249 g/mol. The zero-order valence-electron chi connectivity index (χ0n) is 10.3. The van der Waals surface area contributed by atoms with Crippen LogP contribution in [-0.2, 0) is 4.79 Å². The highest BCUT2D eigenvalue weighted by atomic mass is 32.2. The maximum atomic E-state index is 11.2. The Kier molecular flexibility index (Phi) is 7.80. The van der Waals surface area contributed by atoms with Gasteiger partial charge in [0.05, 0.1) is 6.61 Å². The fraction of sp³-hybridized carbons (Fsp3) is 0.909. The molecule has 0 aromatic rings. The summed E-state index contributed by atoms with van der Waals surface area (Å²) in [7, 11) is 1.70. The van der Waals surface area contributed by atoms with Gasteiger partial charge in [-0.1, -0.05) is 13.8 Å². The Morgan fingerprint density at radius 1 is 1.56 bits per heavy atom. The minimum atomic E-state index is -0.789. The first-order chi connectivity index (χ1) is 7.52.